The standard InChI is InChI=1S/C16H32N2O3/c1-13(2)10-17-8-9-21-14(11-17)12-18(16(3,4)5)7-6-15(19)20/h13-14H,6-12H2,1-5H3,(H,19,20). The average molecular weight is 300 g/mol. The predicted octanol–water partition coefficient (Wildman–Crippen LogP) is 1.92. The molecule has 0 spiro atoms. The first kappa shape index (κ1) is 18.4. The van der Waals surface area contributed by atoms with Crippen LogP contribution in [-0.4, -0.2) is 71.8 Å². The zero-order valence-corrected chi connectivity index (χ0v) is 14.3. The number of hydrogen-bond acceptors (Lipinski definition) is 4. The molecule has 0 aliphatic carbocycles. The highest BCUT2D eigenvalue weighted by Gasteiger charge is 2.28. The Kier molecular flexibility index (Phi) is 7.10. The number of morpholine rings is 1. The van der Waals surface area contributed by atoms with Crippen molar-refractivity contribution in [2.75, 3.05) is 39.3 Å². The van der Waals surface area contributed by atoms with Gasteiger partial charge in [0.25, 0.3) is 0 Å². The van der Waals surface area contributed by atoms with Gasteiger partial charge >= 0.3 is 5.97 Å². The molecule has 0 bridgehead atoms. The average Bonchev–Trinajstić information content (AvgIpc) is 2.32. The smallest absolute Gasteiger partial charge is 0.304 e. The molecule has 1 rings (SSSR count). The Balaban J connectivity index is 2.54. The van der Waals surface area contributed by atoms with Crippen molar-refractivity contribution < 1.29 is 14.6 Å². The molecule has 1 atom stereocenters. The first-order chi connectivity index (χ1) is 9.68. The van der Waals surface area contributed by atoms with Crippen molar-refractivity contribution in [1.82, 2.24) is 9.80 Å². The van der Waals surface area contributed by atoms with Gasteiger partial charge in [0.05, 0.1) is 19.1 Å². The van der Waals surface area contributed by atoms with Gasteiger partial charge in [0.15, 0.2) is 0 Å². The Morgan fingerprint density at radius 3 is 2.62 bits per heavy atom. The Bertz CT molecular complexity index is 326. The van der Waals surface area contributed by atoms with Crippen molar-refractivity contribution in [2.45, 2.75) is 52.7 Å². The van der Waals surface area contributed by atoms with Gasteiger partial charge in [-0.1, -0.05) is 13.8 Å². The fraction of sp³-hybridized carbons (Fsp3) is 0.938. The van der Waals surface area contributed by atoms with Gasteiger partial charge in [0.2, 0.25) is 0 Å². The molecule has 1 aliphatic heterocycles. The lowest BCUT2D eigenvalue weighted by molar-refractivity contribution is -0.138. The van der Waals surface area contributed by atoms with Gasteiger partial charge in [-0.25, -0.2) is 0 Å². The molecule has 1 fully saturated rings. The number of rotatable bonds is 7. The molecular formula is C16H32N2O3. The monoisotopic (exact) mass is 300 g/mol. The second-order valence-corrected chi connectivity index (χ2v) is 7.41. The first-order valence-corrected chi connectivity index (χ1v) is 7.99. The highest BCUT2D eigenvalue weighted by molar-refractivity contribution is 5.66. The Morgan fingerprint density at radius 1 is 1.43 bits per heavy atom. The highest BCUT2D eigenvalue weighted by Crippen LogP contribution is 2.17. The van der Waals surface area contributed by atoms with E-state index in [0.717, 1.165) is 32.8 Å². The van der Waals surface area contributed by atoms with Crippen LogP contribution >= 0.6 is 0 Å². The molecule has 0 aromatic heterocycles. The van der Waals surface area contributed by atoms with Crippen LogP contribution in [0.15, 0.2) is 0 Å². The van der Waals surface area contributed by atoms with E-state index in [9.17, 15) is 4.79 Å². The fourth-order valence-electron chi connectivity index (χ4n) is 2.75. The van der Waals surface area contributed by atoms with Gasteiger partial charge in [-0.2, -0.15) is 0 Å². The predicted molar refractivity (Wildman–Crippen MR) is 84.6 cm³/mol. The maximum atomic E-state index is 10.8. The summed E-state index contributed by atoms with van der Waals surface area (Å²) in [6, 6.07) is 0. The van der Waals surface area contributed by atoms with Gasteiger partial charge in [-0.15, -0.1) is 0 Å². The third-order valence-corrected chi connectivity index (χ3v) is 3.81. The Hall–Kier alpha value is -0.650. The fourth-order valence-corrected chi connectivity index (χ4v) is 2.75. The normalized spacial score (nSPS) is 21.2. The zero-order valence-electron chi connectivity index (χ0n) is 14.3. The van der Waals surface area contributed by atoms with Gasteiger partial charge in [0.1, 0.15) is 0 Å². The summed E-state index contributed by atoms with van der Waals surface area (Å²) in [6.07, 6.45) is 0.352. The second-order valence-electron chi connectivity index (χ2n) is 7.41. The summed E-state index contributed by atoms with van der Waals surface area (Å²) in [6.45, 7) is 16.0. The van der Waals surface area contributed by atoms with Crippen LogP contribution in [0.5, 0.6) is 0 Å². The zero-order chi connectivity index (χ0) is 16.0. The van der Waals surface area contributed by atoms with Gasteiger partial charge < -0.3 is 9.84 Å². The SMILES string of the molecule is CC(C)CN1CCOC(CN(CCC(=O)O)C(C)(C)C)C1. The number of carboxylic acid groups (broad SMARTS) is 1. The maximum Gasteiger partial charge on any atom is 0.304 e. The molecule has 1 heterocycles. The summed E-state index contributed by atoms with van der Waals surface area (Å²) < 4.78 is 5.89. The number of hydrogen-bond donors (Lipinski definition) is 1. The van der Waals surface area contributed by atoms with Crippen molar-refractivity contribution in [3.63, 3.8) is 0 Å². The van der Waals surface area contributed by atoms with Crippen LogP contribution in [0.1, 0.15) is 41.0 Å². The van der Waals surface area contributed by atoms with E-state index in [0.29, 0.717) is 12.5 Å². The van der Waals surface area contributed by atoms with Gasteiger partial charge in [-0.3, -0.25) is 14.6 Å². The van der Waals surface area contributed by atoms with Crippen LogP contribution in [0.3, 0.4) is 0 Å². The third-order valence-electron chi connectivity index (χ3n) is 3.81. The maximum absolute atomic E-state index is 10.8. The molecular weight excluding hydrogens is 268 g/mol. The van der Waals surface area contributed by atoms with E-state index in [-0.39, 0.29) is 18.1 Å². The van der Waals surface area contributed by atoms with Crippen LogP contribution in [0.4, 0.5) is 0 Å². The van der Waals surface area contributed by atoms with Crippen molar-refractivity contribution in [3.8, 4) is 0 Å². The third kappa shape index (κ3) is 7.25. The largest absolute Gasteiger partial charge is 0.481 e. The number of aliphatic carboxylic acids is 1. The van der Waals surface area contributed by atoms with E-state index < -0.39 is 5.97 Å². The van der Waals surface area contributed by atoms with Crippen molar-refractivity contribution >= 4 is 5.97 Å². The van der Waals surface area contributed by atoms with Crippen LogP contribution < -0.4 is 0 Å². The number of ether oxygens (including phenoxy) is 1. The number of carboxylic acids is 1. The molecule has 0 saturated carbocycles. The Labute approximate surface area is 129 Å². The first-order valence-electron chi connectivity index (χ1n) is 7.99. The summed E-state index contributed by atoms with van der Waals surface area (Å²) in [5.41, 5.74) is -0.0425. The van der Waals surface area contributed by atoms with Gasteiger partial charge in [-0.05, 0) is 26.7 Å². The topological polar surface area (TPSA) is 53.0 Å². The van der Waals surface area contributed by atoms with E-state index in [2.05, 4.69) is 44.4 Å². The second kappa shape index (κ2) is 8.11. The van der Waals surface area contributed by atoms with Gasteiger partial charge in [0, 0.05) is 38.3 Å². The molecule has 0 aromatic carbocycles. The summed E-state index contributed by atoms with van der Waals surface area (Å²) in [4.78, 5) is 15.5. The van der Waals surface area contributed by atoms with Crippen molar-refractivity contribution in [1.29, 1.82) is 0 Å². The lowest BCUT2D eigenvalue weighted by atomic mass is 10.0. The minimum Gasteiger partial charge on any atom is -0.481 e. The van der Waals surface area contributed by atoms with E-state index in [4.69, 9.17) is 9.84 Å². The van der Waals surface area contributed by atoms with Crippen LogP contribution in [0, 0.1) is 5.92 Å². The molecule has 5 nitrogen and oxygen atoms in total. The molecule has 21 heavy (non-hydrogen) atoms. The van der Waals surface area contributed by atoms with Crippen LogP contribution in [-0.2, 0) is 9.53 Å². The molecule has 5 heteroatoms. The quantitative estimate of drug-likeness (QED) is 0.778. The molecule has 0 aromatic rings. The minimum atomic E-state index is -0.741. The Morgan fingerprint density at radius 2 is 2.10 bits per heavy atom. The number of nitrogens with zero attached hydrogens (tertiary/aromatic N) is 2. The molecule has 1 saturated heterocycles. The van der Waals surface area contributed by atoms with Crippen LogP contribution in [0.25, 0.3) is 0 Å². The number of carbonyl (C=O) groups is 1. The summed E-state index contributed by atoms with van der Waals surface area (Å²) in [5.74, 6) is -0.0790. The summed E-state index contributed by atoms with van der Waals surface area (Å²) in [7, 11) is 0. The molecule has 1 unspecified atom stereocenters. The molecule has 0 radical (unpaired) electrons. The van der Waals surface area contributed by atoms with Crippen molar-refractivity contribution in [3.05, 3.63) is 0 Å². The molecule has 124 valence electrons. The van der Waals surface area contributed by atoms with E-state index in [1.54, 1.807) is 0 Å². The minimum absolute atomic E-state index is 0.0425. The molecule has 1 aliphatic rings. The van der Waals surface area contributed by atoms with E-state index in [1.807, 2.05) is 0 Å². The molecule has 1 N–H and O–H groups in total. The summed E-state index contributed by atoms with van der Waals surface area (Å²) in [5, 5.41) is 8.91. The molecule has 0 amide bonds. The van der Waals surface area contributed by atoms with Crippen molar-refractivity contribution in [2.24, 2.45) is 5.92 Å². The van der Waals surface area contributed by atoms with E-state index in [1.165, 1.54) is 0 Å². The summed E-state index contributed by atoms with van der Waals surface area (Å²) >= 11 is 0. The lowest BCUT2D eigenvalue weighted by Crippen LogP contribution is -2.52. The van der Waals surface area contributed by atoms with Crippen LogP contribution in [0.2, 0.25) is 0 Å². The van der Waals surface area contributed by atoms with E-state index >= 15 is 0 Å². The lowest BCUT2D eigenvalue weighted by Gasteiger charge is -2.41. The highest BCUT2D eigenvalue weighted by atomic mass is 16.5.